The highest BCUT2D eigenvalue weighted by Crippen LogP contribution is 2.44. The van der Waals surface area contributed by atoms with Gasteiger partial charge in [0.05, 0.1) is 6.61 Å². The topological polar surface area (TPSA) is 108 Å². The maximum Gasteiger partial charge on any atom is 0.407 e. The number of ether oxygens (including phenoxy) is 2. The summed E-state index contributed by atoms with van der Waals surface area (Å²) in [5, 5.41) is 32.0. The van der Waals surface area contributed by atoms with Crippen molar-refractivity contribution in [2.24, 2.45) is 0 Å². The van der Waals surface area contributed by atoms with Gasteiger partial charge in [0.15, 0.2) is 0 Å². The molecule has 0 fully saturated rings. The first-order valence-corrected chi connectivity index (χ1v) is 10.9. The Morgan fingerprint density at radius 1 is 0.909 bits per heavy atom. The monoisotopic (exact) mass is 449 g/mol. The van der Waals surface area contributed by atoms with Crippen molar-refractivity contribution in [2.45, 2.75) is 18.1 Å². The molecule has 0 spiro atoms. The van der Waals surface area contributed by atoms with Crippen LogP contribution < -0.4 is 10.1 Å². The molecule has 0 saturated carbocycles. The Kier molecular flexibility index (Phi) is 7.24. The van der Waals surface area contributed by atoms with Crippen LogP contribution in [0.5, 0.6) is 5.75 Å². The van der Waals surface area contributed by atoms with E-state index in [1.54, 1.807) is 24.3 Å². The van der Waals surface area contributed by atoms with Gasteiger partial charge in [-0.3, -0.25) is 0 Å². The normalized spacial score (nSPS) is 14.2. The molecule has 0 heterocycles. The highest BCUT2D eigenvalue weighted by molar-refractivity contribution is 5.79. The minimum absolute atomic E-state index is 0.0507. The van der Waals surface area contributed by atoms with E-state index in [0.29, 0.717) is 11.3 Å². The van der Waals surface area contributed by atoms with Gasteiger partial charge in [0.1, 0.15) is 31.2 Å². The number of alkyl carbamates (subject to hydrolysis) is 1. The Labute approximate surface area is 192 Å². The van der Waals surface area contributed by atoms with Crippen LogP contribution in [0.2, 0.25) is 0 Å². The summed E-state index contributed by atoms with van der Waals surface area (Å²) in [4.78, 5) is 12.3. The molecule has 0 aliphatic heterocycles. The lowest BCUT2D eigenvalue weighted by Gasteiger charge is -2.19. The van der Waals surface area contributed by atoms with Gasteiger partial charge in [-0.2, -0.15) is 0 Å². The second-order valence-electron chi connectivity index (χ2n) is 7.86. The van der Waals surface area contributed by atoms with Crippen LogP contribution in [0.15, 0.2) is 72.8 Å². The van der Waals surface area contributed by atoms with Crippen LogP contribution >= 0.6 is 0 Å². The number of fused-ring (bicyclic) bond motifs is 3. The van der Waals surface area contributed by atoms with Crippen molar-refractivity contribution in [1.82, 2.24) is 5.32 Å². The van der Waals surface area contributed by atoms with E-state index >= 15 is 0 Å². The molecule has 0 aromatic heterocycles. The van der Waals surface area contributed by atoms with E-state index in [-0.39, 0.29) is 32.3 Å². The van der Waals surface area contributed by atoms with Gasteiger partial charge in [0, 0.05) is 12.5 Å². The number of carbonyl (C=O) groups is 1. The van der Waals surface area contributed by atoms with Crippen LogP contribution in [0.3, 0.4) is 0 Å². The number of benzene rings is 3. The molecule has 2 unspecified atom stereocenters. The van der Waals surface area contributed by atoms with Gasteiger partial charge in [-0.25, -0.2) is 4.79 Å². The zero-order valence-electron chi connectivity index (χ0n) is 18.1. The third kappa shape index (κ3) is 5.17. The van der Waals surface area contributed by atoms with Gasteiger partial charge >= 0.3 is 6.09 Å². The summed E-state index contributed by atoms with van der Waals surface area (Å²) in [5.74, 6) is 0.497. The van der Waals surface area contributed by atoms with Crippen LogP contribution in [0.4, 0.5) is 4.79 Å². The maximum atomic E-state index is 12.3. The first-order chi connectivity index (χ1) is 16.1. The van der Waals surface area contributed by atoms with Gasteiger partial charge in [-0.1, -0.05) is 60.7 Å². The number of aliphatic hydroxyl groups is 3. The van der Waals surface area contributed by atoms with Gasteiger partial charge in [-0.05, 0) is 39.9 Å². The predicted octanol–water partition coefficient (Wildman–Crippen LogP) is 2.99. The predicted molar refractivity (Wildman–Crippen MR) is 123 cm³/mol. The minimum Gasteiger partial charge on any atom is -0.491 e. The second kappa shape index (κ2) is 10.5. The fourth-order valence-corrected chi connectivity index (χ4v) is 4.10. The molecule has 3 aromatic rings. The highest BCUT2D eigenvalue weighted by atomic mass is 16.5. The third-order valence-electron chi connectivity index (χ3n) is 5.75. The van der Waals surface area contributed by atoms with Crippen LogP contribution in [0.25, 0.3) is 11.1 Å². The van der Waals surface area contributed by atoms with E-state index in [9.17, 15) is 15.0 Å². The fourth-order valence-electron chi connectivity index (χ4n) is 4.10. The number of nitrogens with one attached hydrogen (secondary N) is 1. The molecule has 172 valence electrons. The lowest BCUT2D eigenvalue weighted by molar-refractivity contribution is 0.0185. The molecule has 0 saturated heterocycles. The van der Waals surface area contributed by atoms with Crippen molar-refractivity contribution >= 4 is 6.09 Å². The summed E-state index contributed by atoms with van der Waals surface area (Å²) < 4.78 is 10.7. The van der Waals surface area contributed by atoms with Crippen molar-refractivity contribution in [3.05, 3.63) is 89.5 Å². The molecule has 0 bridgehead atoms. The van der Waals surface area contributed by atoms with Crippen molar-refractivity contribution in [3.8, 4) is 16.9 Å². The number of hydrogen-bond donors (Lipinski definition) is 4. The summed E-state index contributed by atoms with van der Waals surface area (Å²) in [7, 11) is 0. The lowest BCUT2D eigenvalue weighted by atomic mass is 9.98. The van der Waals surface area contributed by atoms with Crippen LogP contribution in [-0.2, 0) is 4.74 Å². The molecule has 1 amide bonds. The van der Waals surface area contributed by atoms with Crippen molar-refractivity contribution in [2.75, 3.05) is 26.4 Å². The Morgan fingerprint density at radius 3 is 2.12 bits per heavy atom. The Balaban J connectivity index is 1.29. The quantitative estimate of drug-likeness (QED) is 0.400. The summed E-state index contributed by atoms with van der Waals surface area (Å²) in [6.07, 6.45) is -3.06. The summed E-state index contributed by atoms with van der Waals surface area (Å²) >= 11 is 0. The molecule has 1 aliphatic carbocycles. The standard InChI is InChI=1S/C26H27NO6/c28-13-14-32-18-11-9-17(10-12-18)25(30)24(29)15-27-26(31)33-16-23-21-7-3-1-5-19(21)20-6-2-4-8-22(20)23/h1-12,23-25,28-30H,13-16H2,(H,27,31). The van der Waals surface area contributed by atoms with Gasteiger partial charge in [0.2, 0.25) is 0 Å². The SMILES string of the molecule is O=C(NCC(O)C(O)c1ccc(OCCO)cc1)OCC1c2ccccc2-c2ccccc21. The summed E-state index contributed by atoms with van der Waals surface area (Å²) in [6.45, 7) is 0.0909. The largest absolute Gasteiger partial charge is 0.491 e. The smallest absolute Gasteiger partial charge is 0.407 e. The fraction of sp³-hybridized carbons (Fsp3) is 0.269. The Morgan fingerprint density at radius 2 is 1.52 bits per heavy atom. The number of aliphatic hydroxyl groups excluding tert-OH is 3. The zero-order chi connectivity index (χ0) is 23.2. The van der Waals surface area contributed by atoms with Crippen LogP contribution in [0, 0.1) is 0 Å². The third-order valence-corrected chi connectivity index (χ3v) is 5.75. The molecule has 7 nitrogen and oxygen atoms in total. The van der Waals surface area contributed by atoms with E-state index < -0.39 is 18.3 Å². The summed E-state index contributed by atoms with van der Waals surface area (Å²) in [5.41, 5.74) is 5.01. The highest BCUT2D eigenvalue weighted by Gasteiger charge is 2.29. The van der Waals surface area contributed by atoms with Gasteiger partial charge < -0.3 is 30.1 Å². The molecule has 1 aliphatic rings. The summed E-state index contributed by atoms with van der Waals surface area (Å²) in [6, 6.07) is 22.7. The molecule has 3 aromatic carbocycles. The van der Waals surface area contributed by atoms with Crippen molar-refractivity contribution in [3.63, 3.8) is 0 Å². The molecular formula is C26H27NO6. The van der Waals surface area contributed by atoms with E-state index in [4.69, 9.17) is 14.6 Å². The Bertz CT molecular complexity index is 1040. The van der Waals surface area contributed by atoms with E-state index in [2.05, 4.69) is 17.4 Å². The molecule has 33 heavy (non-hydrogen) atoms. The molecule has 0 radical (unpaired) electrons. The molecular weight excluding hydrogens is 422 g/mol. The van der Waals surface area contributed by atoms with E-state index in [0.717, 1.165) is 22.3 Å². The molecule has 4 N–H and O–H groups in total. The van der Waals surface area contributed by atoms with Crippen molar-refractivity contribution in [1.29, 1.82) is 0 Å². The van der Waals surface area contributed by atoms with Crippen LogP contribution in [-0.4, -0.2) is 53.9 Å². The number of hydrogen-bond acceptors (Lipinski definition) is 6. The molecule has 4 rings (SSSR count). The van der Waals surface area contributed by atoms with E-state index in [1.165, 1.54) is 0 Å². The van der Waals surface area contributed by atoms with Gasteiger partial charge in [0.25, 0.3) is 0 Å². The van der Waals surface area contributed by atoms with Gasteiger partial charge in [-0.15, -0.1) is 0 Å². The number of amides is 1. The molecule has 2 atom stereocenters. The maximum absolute atomic E-state index is 12.3. The van der Waals surface area contributed by atoms with Crippen molar-refractivity contribution < 1.29 is 29.6 Å². The zero-order valence-corrected chi connectivity index (χ0v) is 18.1. The van der Waals surface area contributed by atoms with E-state index in [1.807, 2.05) is 36.4 Å². The minimum atomic E-state index is -1.21. The lowest BCUT2D eigenvalue weighted by Crippen LogP contribution is -2.36. The first-order valence-electron chi connectivity index (χ1n) is 10.9. The Hall–Kier alpha value is -3.39. The second-order valence-corrected chi connectivity index (χ2v) is 7.86. The average molecular weight is 450 g/mol. The number of carbonyl (C=O) groups excluding carboxylic acids is 1. The average Bonchev–Trinajstić information content (AvgIpc) is 3.18. The molecule has 7 heteroatoms. The number of rotatable bonds is 9. The van der Waals surface area contributed by atoms with Crippen LogP contribution in [0.1, 0.15) is 28.7 Å². The first kappa shape index (κ1) is 22.8.